The fourth-order valence-electron chi connectivity index (χ4n) is 3.67. The van der Waals surface area contributed by atoms with Crippen molar-refractivity contribution in [2.75, 3.05) is 0 Å². The van der Waals surface area contributed by atoms with Crippen molar-refractivity contribution in [1.82, 2.24) is 0 Å². The number of hydrogen-bond donors (Lipinski definition) is 0. The highest BCUT2D eigenvalue weighted by Crippen LogP contribution is 2.24. The number of nitrogens with zero attached hydrogens (tertiary/aromatic N) is 2. The predicted octanol–water partition coefficient (Wildman–Crippen LogP) is 7.80. The minimum Gasteiger partial charge on any atom is -0.206 e. The van der Waals surface area contributed by atoms with E-state index in [0.717, 1.165) is 49.7 Å². The van der Waals surface area contributed by atoms with Gasteiger partial charge in [0, 0.05) is 5.56 Å². The molecule has 0 N–H and O–H groups in total. The largest absolute Gasteiger partial charge is 0.206 e. The lowest BCUT2D eigenvalue weighted by Gasteiger charge is -2.06. The summed E-state index contributed by atoms with van der Waals surface area (Å²) in [6, 6.07) is 21.5. The van der Waals surface area contributed by atoms with Gasteiger partial charge < -0.3 is 0 Å². The van der Waals surface area contributed by atoms with Crippen LogP contribution in [0.15, 0.2) is 89.6 Å². The van der Waals surface area contributed by atoms with Crippen molar-refractivity contribution in [3.63, 3.8) is 0 Å². The molecule has 3 heteroatoms. The van der Waals surface area contributed by atoms with Crippen molar-refractivity contribution in [1.29, 1.82) is 0 Å². The van der Waals surface area contributed by atoms with Crippen LogP contribution in [0.25, 0.3) is 11.1 Å². The molecule has 0 fully saturated rings. The van der Waals surface area contributed by atoms with Crippen LogP contribution in [0.3, 0.4) is 0 Å². The summed E-state index contributed by atoms with van der Waals surface area (Å²) in [6.45, 7) is 5.93. The van der Waals surface area contributed by atoms with Gasteiger partial charge in [-0.25, -0.2) is 4.39 Å². The lowest BCUT2D eigenvalue weighted by Crippen LogP contribution is -1.93. The standard InChI is InChI=1S/C29H31FN2/c1-3-5-6-7-11-25-12-8-9-13-27(25)22-32-31-21-24-16-19-28(29(30)20-24)26-17-14-23(10-4-2)15-18-26/h3,8-9,12-22H,1,4-7,10-11H2,2H3. The Bertz CT molecular complexity index is 1060. The molecule has 32 heavy (non-hydrogen) atoms. The molecular formula is C29H31FN2. The first-order valence-electron chi connectivity index (χ1n) is 11.4. The molecule has 0 unspecified atom stereocenters. The second-order valence-electron chi connectivity index (χ2n) is 7.91. The topological polar surface area (TPSA) is 24.7 Å². The lowest BCUT2D eigenvalue weighted by molar-refractivity contribution is 0.631. The van der Waals surface area contributed by atoms with Crippen LogP contribution in [-0.2, 0) is 12.8 Å². The van der Waals surface area contributed by atoms with Gasteiger partial charge in [0.15, 0.2) is 0 Å². The SMILES string of the molecule is C=CCCCCc1ccccc1C=NN=Cc1ccc(-c2ccc(CCC)cc2)c(F)c1. The van der Waals surface area contributed by atoms with Gasteiger partial charge >= 0.3 is 0 Å². The normalized spacial score (nSPS) is 11.4. The van der Waals surface area contributed by atoms with Crippen LogP contribution in [-0.4, -0.2) is 12.4 Å². The Morgan fingerprint density at radius 1 is 0.875 bits per heavy atom. The van der Waals surface area contributed by atoms with E-state index in [1.807, 2.05) is 42.5 Å². The molecule has 0 aliphatic heterocycles. The van der Waals surface area contributed by atoms with Gasteiger partial charge in [-0.15, -0.1) is 6.58 Å². The van der Waals surface area contributed by atoms with Crippen molar-refractivity contribution in [2.45, 2.75) is 45.4 Å². The molecular weight excluding hydrogens is 395 g/mol. The van der Waals surface area contributed by atoms with Gasteiger partial charge in [-0.05, 0) is 66.0 Å². The third-order valence-electron chi connectivity index (χ3n) is 5.43. The monoisotopic (exact) mass is 426 g/mol. The third-order valence-corrected chi connectivity index (χ3v) is 5.43. The predicted molar refractivity (Wildman–Crippen MR) is 135 cm³/mol. The van der Waals surface area contributed by atoms with Crippen LogP contribution in [0.4, 0.5) is 4.39 Å². The van der Waals surface area contributed by atoms with Crippen molar-refractivity contribution < 1.29 is 4.39 Å². The van der Waals surface area contributed by atoms with Gasteiger partial charge in [-0.3, -0.25) is 0 Å². The van der Waals surface area contributed by atoms with Crippen LogP contribution in [0.2, 0.25) is 0 Å². The first-order chi connectivity index (χ1) is 15.7. The van der Waals surface area contributed by atoms with Gasteiger partial charge in [-0.1, -0.05) is 80.1 Å². The van der Waals surface area contributed by atoms with Crippen molar-refractivity contribution >= 4 is 12.4 Å². The van der Waals surface area contributed by atoms with Crippen LogP contribution < -0.4 is 0 Å². The van der Waals surface area contributed by atoms with Crippen LogP contribution >= 0.6 is 0 Å². The molecule has 0 aromatic heterocycles. The lowest BCUT2D eigenvalue weighted by atomic mass is 10.0. The molecule has 3 rings (SSSR count). The summed E-state index contributed by atoms with van der Waals surface area (Å²) in [5, 5.41) is 8.31. The first-order valence-corrected chi connectivity index (χ1v) is 11.4. The minimum atomic E-state index is -0.258. The summed E-state index contributed by atoms with van der Waals surface area (Å²) in [6.07, 6.45) is 11.8. The fourth-order valence-corrected chi connectivity index (χ4v) is 3.67. The van der Waals surface area contributed by atoms with E-state index in [9.17, 15) is 4.39 Å². The number of benzene rings is 3. The highest BCUT2D eigenvalue weighted by molar-refractivity contribution is 5.84. The molecule has 0 saturated heterocycles. The Morgan fingerprint density at radius 3 is 2.41 bits per heavy atom. The molecule has 0 radical (unpaired) electrons. The molecule has 2 nitrogen and oxygen atoms in total. The summed E-state index contributed by atoms with van der Waals surface area (Å²) in [5.74, 6) is -0.258. The van der Waals surface area contributed by atoms with Gasteiger partial charge in [0.05, 0.1) is 12.4 Å². The van der Waals surface area contributed by atoms with Crippen LogP contribution in [0, 0.1) is 5.82 Å². The summed E-state index contributed by atoms with van der Waals surface area (Å²) in [4.78, 5) is 0. The highest BCUT2D eigenvalue weighted by atomic mass is 19.1. The summed E-state index contributed by atoms with van der Waals surface area (Å²) >= 11 is 0. The van der Waals surface area contributed by atoms with Gasteiger partial charge in [0.1, 0.15) is 5.82 Å². The zero-order valence-electron chi connectivity index (χ0n) is 18.8. The maximum atomic E-state index is 14.7. The second-order valence-corrected chi connectivity index (χ2v) is 7.91. The molecule has 0 aliphatic carbocycles. The summed E-state index contributed by atoms with van der Waals surface area (Å²) in [7, 11) is 0. The van der Waals surface area contributed by atoms with E-state index < -0.39 is 0 Å². The van der Waals surface area contributed by atoms with Crippen LogP contribution in [0.5, 0.6) is 0 Å². The van der Waals surface area contributed by atoms with Crippen molar-refractivity contribution in [3.05, 3.63) is 107 Å². The Kier molecular flexibility index (Phi) is 9.12. The highest BCUT2D eigenvalue weighted by Gasteiger charge is 2.06. The average molecular weight is 427 g/mol. The number of unbranched alkanes of at least 4 members (excludes halogenated alkanes) is 2. The fraction of sp³-hybridized carbons (Fsp3) is 0.241. The van der Waals surface area contributed by atoms with E-state index in [-0.39, 0.29) is 5.82 Å². The minimum absolute atomic E-state index is 0.258. The Balaban J connectivity index is 1.64. The van der Waals surface area contributed by atoms with Gasteiger partial charge in [-0.2, -0.15) is 10.2 Å². The van der Waals surface area contributed by atoms with Gasteiger partial charge in [0.25, 0.3) is 0 Å². The van der Waals surface area contributed by atoms with E-state index in [4.69, 9.17) is 0 Å². The first kappa shape index (κ1) is 23.3. The Labute approximate surface area is 191 Å². The second kappa shape index (κ2) is 12.5. The molecule has 164 valence electrons. The van der Waals surface area contributed by atoms with E-state index in [1.165, 1.54) is 17.2 Å². The number of rotatable bonds is 11. The molecule has 3 aromatic carbocycles. The Hall–Kier alpha value is -3.33. The molecule has 0 atom stereocenters. The van der Waals surface area contributed by atoms with E-state index in [1.54, 1.807) is 18.5 Å². The average Bonchev–Trinajstić information content (AvgIpc) is 2.81. The number of halogens is 1. The summed E-state index contributed by atoms with van der Waals surface area (Å²) < 4.78 is 14.7. The molecule has 0 heterocycles. The van der Waals surface area contributed by atoms with Crippen molar-refractivity contribution in [3.8, 4) is 11.1 Å². The number of aryl methyl sites for hydroxylation is 2. The van der Waals surface area contributed by atoms with Crippen molar-refractivity contribution in [2.24, 2.45) is 10.2 Å². The maximum Gasteiger partial charge on any atom is 0.131 e. The maximum absolute atomic E-state index is 14.7. The molecule has 0 aliphatic rings. The molecule has 0 bridgehead atoms. The van der Waals surface area contributed by atoms with Gasteiger partial charge in [0.2, 0.25) is 0 Å². The molecule has 0 spiro atoms. The number of allylic oxidation sites excluding steroid dienone is 1. The quantitative estimate of drug-likeness (QED) is 0.129. The molecule has 0 saturated carbocycles. The zero-order chi connectivity index (χ0) is 22.6. The smallest absolute Gasteiger partial charge is 0.131 e. The molecule has 3 aromatic rings. The van der Waals surface area contributed by atoms with E-state index >= 15 is 0 Å². The molecule has 0 amide bonds. The number of hydrogen-bond acceptors (Lipinski definition) is 2. The zero-order valence-corrected chi connectivity index (χ0v) is 18.8. The van der Waals surface area contributed by atoms with Crippen LogP contribution in [0.1, 0.15) is 54.9 Å². The third kappa shape index (κ3) is 6.84. The van der Waals surface area contributed by atoms with E-state index in [0.29, 0.717) is 11.1 Å². The Morgan fingerprint density at radius 2 is 1.66 bits per heavy atom. The summed E-state index contributed by atoms with van der Waals surface area (Å²) in [5.41, 5.74) is 5.76. The van der Waals surface area contributed by atoms with E-state index in [2.05, 4.69) is 41.9 Å².